The summed E-state index contributed by atoms with van der Waals surface area (Å²) in [6.45, 7) is 1.69. The number of thiocarbonyl (C=S) groups is 1. The Balaban J connectivity index is 2.98. The molecule has 0 saturated heterocycles. The number of halogens is 2. The fourth-order valence-corrected chi connectivity index (χ4v) is 1.58. The third kappa shape index (κ3) is 3.32. The SMILES string of the molecule is Cc1cc(Cl)cc(F)c1NC(=S)N=C(N)N. The van der Waals surface area contributed by atoms with Gasteiger partial charge in [0, 0.05) is 5.02 Å². The van der Waals surface area contributed by atoms with Gasteiger partial charge in [0.15, 0.2) is 5.96 Å². The first-order chi connectivity index (χ1) is 7.40. The number of nitrogens with two attached hydrogens (primary N) is 2. The van der Waals surface area contributed by atoms with Crippen LogP contribution in [0.4, 0.5) is 10.1 Å². The molecule has 0 unspecified atom stereocenters. The van der Waals surface area contributed by atoms with Crippen LogP contribution in [-0.2, 0) is 0 Å². The number of nitrogens with zero attached hydrogens (tertiary/aromatic N) is 1. The summed E-state index contributed by atoms with van der Waals surface area (Å²) in [5.41, 5.74) is 11.1. The van der Waals surface area contributed by atoms with E-state index in [1.54, 1.807) is 13.0 Å². The molecule has 16 heavy (non-hydrogen) atoms. The van der Waals surface area contributed by atoms with E-state index in [-0.39, 0.29) is 16.8 Å². The van der Waals surface area contributed by atoms with Gasteiger partial charge >= 0.3 is 0 Å². The number of aryl methyl sites for hydroxylation is 1. The molecule has 0 fully saturated rings. The largest absolute Gasteiger partial charge is 0.370 e. The van der Waals surface area contributed by atoms with E-state index < -0.39 is 5.82 Å². The summed E-state index contributed by atoms with van der Waals surface area (Å²) in [6.07, 6.45) is 0. The van der Waals surface area contributed by atoms with Crippen molar-refractivity contribution >= 4 is 40.6 Å². The highest BCUT2D eigenvalue weighted by atomic mass is 35.5. The van der Waals surface area contributed by atoms with E-state index in [9.17, 15) is 4.39 Å². The Hall–Kier alpha value is -1.40. The van der Waals surface area contributed by atoms with Gasteiger partial charge in [-0.15, -0.1) is 0 Å². The predicted octanol–water partition coefficient (Wildman–Crippen LogP) is 1.76. The highest BCUT2D eigenvalue weighted by Crippen LogP contribution is 2.24. The fourth-order valence-electron chi connectivity index (χ4n) is 1.11. The van der Waals surface area contributed by atoms with Gasteiger partial charge in [-0.2, -0.15) is 4.99 Å². The third-order valence-corrected chi connectivity index (χ3v) is 2.13. The van der Waals surface area contributed by atoms with Gasteiger partial charge in [-0.25, -0.2) is 4.39 Å². The maximum absolute atomic E-state index is 13.5. The first-order valence-corrected chi connectivity index (χ1v) is 5.05. The summed E-state index contributed by atoms with van der Waals surface area (Å²) in [5, 5.41) is 2.89. The Morgan fingerprint density at radius 2 is 2.12 bits per heavy atom. The molecule has 0 heterocycles. The van der Waals surface area contributed by atoms with Gasteiger partial charge in [0.25, 0.3) is 0 Å². The van der Waals surface area contributed by atoms with Crippen LogP contribution in [-0.4, -0.2) is 11.1 Å². The molecule has 5 N–H and O–H groups in total. The lowest BCUT2D eigenvalue weighted by Gasteiger charge is -2.09. The van der Waals surface area contributed by atoms with Crippen molar-refractivity contribution in [1.82, 2.24) is 0 Å². The van der Waals surface area contributed by atoms with E-state index in [0.717, 1.165) is 0 Å². The monoisotopic (exact) mass is 260 g/mol. The van der Waals surface area contributed by atoms with Crippen LogP contribution in [0.25, 0.3) is 0 Å². The minimum Gasteiger partial charge on any atom is -0.370 e. The Bertz CT molecular complexity index is 434. The van der Waals surface area contributed by atoms with Crippen LogP contribution in [0.3, 0.4) is 0 Å². The van der Waals surface area contributed by atoms with Crippen LogP contribution in [0.2, 0.25) is 5.02 Å². The molecule has 0 aromatic heterocycles. The molecule has 0 aliphatic carbocycles. The minimum atomic E-state index is -0.516. The molecule has 1 aromatic carbocycles. The molecule has 0 aliphatic rings. The van der Waals surface area contributed by atoms with Crippen molar-refractivity contribution in [3.63, 3.8) is 0 Å². The molecule has 0 atom stereocenters. The Morgan fingerprint density at radius 3 is 2.62 bits per heavy atom. The summed E-state index contributed by atoms with van der Waals surface area (Å²) >= 11 is 10.5. The number of guanidine groups is 1. The van der Waals surface area contributed by atoms with Crippen LogP contribution in [0.15, 0.2) is 17.1 Å². The molecule has 0 saturated carbocycles. The molecule has 0 aliphatic heterocycles. The number of hydrogen-bond donors (Lipinski definition) is 3. The van der Waals surface area contributed by atoms with E-state index in [1.807, 2.05) is 0 Å². The Kier molecular flexibility index (Phi) is 4.03. The van der Waals surface area contributed by atoms with Crippen LogP contribution in [0.5, 0.6) is 0 Å². The second-order valence-corrected chi connectivity index (χ2v) is 3.87. The van der Waals surface area contributed by atoms with E-state index in [1.165, 1.54) is 6.07 Å². The lowest BCUT2D eigenvalue weighted by Crippen LogP contribution is -2.25. The minimum absolute atomic E-state index is 0.00989. The topological polar surface area (TPSA) is 76.4 Å². The van der Waals surface area contributed by atoms with Gasteiger partial charge in [0.05, 0.1) is 5.69 Å². The molecule has 0 amide bonds. The molecule has 0 bridgehead atoms. The van der Waals surface area contributed by atoms with Crippen LogP contribution >= 0.6 is 23.8 Å². The molecule has 0 spiro atoms. The van der Waals surface area contributed by atoms with E-state index in [2.05, 4.69) is 10.3 Å². The second kappa shape index (κ2) is 5.09. The smallest absolute Gasteiger partial charge is 0.200 e. The van der Waals surface area contributed by atoms with Crippen molar-refractivity contribution in [1.29, 1.82) is 0 Å². The summed E-state index contributed by atoms with van der Waals surface area (Å²) in [5.74, 6) is -0.706. The van der Waals surface area contributed by atoms with Crippen molar-refractivity contribution in [2.24, 2.45) is 16.5 Å². The lowest BCUT2D eigenvalue weighted by molar-refractivity contribution is 0.631. The predicted molar refractivity (Wildman–Crippen MR) is 68.2 cm³/mol. The first-order valence-electron chi connectivity index (χ1n) is 4.26. The normalized spacial score (nSPS) is 9.69. The van der Waals surface area contributed by atoms with Crippen LogP contribution in [0, 0.1) is 12.7 Å². The van der Waals surface area contributed by atoms with E-state index in [0.29, 0.717) is 10.6 Å². The highest BCUT2D eigenvalue weighted by molar-refractivity contribution is 7.80. The zero-order valence-electron chi connectivity index (χ0n) is 8.42. The number of hydrogen-bond acceptors (Lipinski definition) is 1. The lowest BCUT2D eigenvalue weighted by atomic mass is 10.2. The van der Waals surface area contributed by atoms with Gasteiger partial charge in [-0.3, -0.25) is 0 Å². The summed E-state index contributed by atoms with van der Waals surface area (Å²) in [7, 11) is 0. The van der Waals surface area contributed by atoms with Gasteiger partial charge in [-0.05, 0) is 36.8 Å². The van der Waals surface area contributed by atoms with Crippen molar-refractivity contribution in [2.45, 2.75) is 6.92 Å². The molecular formula is C9H10ClFN4S. The summed E-state index contributed by atoms with van der Waals surface area (Å²) < 4.78 is 13.5. The maximum atomic E-state index is 13.5. The molecule has 7 heteroatoms. The van der Waals surface area contributed by atoms with Crippen molar-refractivity contribution in [2.75, 3.05) is 5.32 Å². The summed E-state index contributed by atoms with van der Waals surface area (Å²) in [4.78, 5) is 3.57. The van der Waals surface area contributed by atoms with Gasteiger partial charge < -0.3 is 16.8 Å². The standard InChI is InChI=1S/C9H10ClFN4S/c1-4-2-5(10)3-6(11)7(4)14-9(16)15-8(12)13/h2-3H,1H3,(H5,12,13,14,15,16). The molecule has 4 nitrogen and oxygen atoms in total. The molecule has 1 rings (SSSR count). The van der Waals surface area contributed by atoms with Gasteiger partial charge in [0.1, 0.15) is 5.82 Å². The van der Waals surface area contributed by atoms with E-state index in [4.69, 9.17) is 35.3 Å². The summed E-state index contributed by atoms with van der Waals surface area (Å²) in [6, 6.07) is 2.78. The zero-order valence-corrected chi connectivity index (χ0v) is 9.99. The number of benzene rings is 1. The van der Waals surface area contributed by atoms with Crippen molar-refractivity contribution < 1.29 is 4.39 Å². The Labute approximate surface area is 102 Å². The van der Waals surface area contributed by atoms with Crippen LogP contribution < -0.4 is 16.8 Å². The number of nitrogens with one attached hydrogen (secondary N) is 1. The average Bonchev–Trinajstić information content (AvgIpc) is 2.09. The number of rotatable bonds is 1. The number of anilines is 1. The van der Waals surface area contributed by atoms with Crippen molar-refractivity contribution in [3.8, 4) is 0 Å². The molecular weight excluding hydrogens is 251 g/mol. The van der Waals surface area contributed by atoms with Gasteiger partial charge in [-0.1, -0.05) is 11.6 Å². The first kappa shape index (κ1) is 12.7. The molecule has 0 radical (unpaired) electrons. The molecule has 86 valence electrons. The maximum Gasteiger partial charge on any atom is 0.200 e. The third-order valence-electron chi connectivity index (χ3n) is 1.71. The Morgan fingerprint density at radius 1 is 1.50 bits per heavy atom. The van der Waals surface area contributed by atoms with E-state index >= 15 is 0 Å². The van der Waals surface area contributed by atoms with Crippen LogP contribution in [0.1, 0.15) is 5.56 Å². The zero-order chi connectivity index (χ0) is 12.3. The second-order valence-electron chi connectivity index (χ2n) is 3.05. The molecule has 1 aromatic rings. The van der Waals surface area contributed by atoms with Gasteiger partial charge in [0.2, 0.25) is 5.11 Å². The quantitative estimate of drug-likeness (QED) is 0.409. The van der Waals surface area contributed by atoms with Crippen molar-refractivity contribution in [3.05, 3.63) is 28.5 Å². The highest BCUT2D eigenvalue weighted by Gasteiger charge is 2.08. The number of aliphatic imine (C=N–C) groups is 1. The fraction of sp³-hybridized carbons (Fsp3) is 0.111. The average molecular weight is 261 g/mol.